The van der Waals surface area contributed by atoms with Crippen LogP contribution in [0.15, 0.2) is 40.5 Å². The molecule has 12 heteroatoms. The quantitative estimate of drug-likeness (QED) is 0.350. The highest BCUT2D eigenvalue weighted by Crippen LogP contribution is 2.44. The Labute approximate surface area is 216 Å². The molecule has 1 aliphatic rings. The van der Waals surface area contributed by atoms with Gasteiger partial charge in [-0.2, -0.15) is 0 Å². The highest BCUT2D eigenvalue weighted by Gasteiger charge is 2.31. The topological polar surface area (TPSA) is 138 Å². The van der Waals surface area contributed by atoms with Crippen LogP contribution in [0.3, 0.4) is 0 Å². The molecule has 192 valence electrons. The first kappa shape index (κ1) is 24.9. The summed E-state index contributed by atoms with van der Waals surface area (Å²) in [6, 6.07) is 3.41. The molecular weight excluding hydrogens is 492 g/mol. The van der Waals surface area contributed by atoms with Crippen molar-refractivity contribution in [3.8, 4) is 17.3 Å². The van der Waals surface area contributed by atoms with Crippen LogP contribution in [0.2, 0.25) is 0 Å². The van der Waals surface area contributed by atoms with Crippen molar-refractivity contribution in [1.82, 2.24) is 34.5 Å². The van der Waals surface area contributed by atoms with Gasteiger partial charge in [0.2, 0.25) is 5.88 Å². The molecule has 1 aliphatic carbocycles. The molecule has 0 radical (unpaired) electrons. The fourth-order valence-corrected chi connectivity index (χ4v) is 4.56. The van der Waals surface area contributed by atoms with Gasteiger partial charge in [0.15, 0.2) is 17.3 Å². The fraction of sp³-hybridized carbons (Fsp3) is 0.400. The number of methoxy groups -OCH3 is 1. The lowest BCUT2D eigenvalue weighted by atomic mass is 10.1. The molecule has 4 aromatic heterocycles. The molecule has 1 N–H and O–H groups in total. The van der Waals surface area contributed by atoms with Gasteiger partial charge >= 0.3 is 0 Å². The van der Waals surface area contributed by atoms with Gasteiger partial charge in [0.25, 0.3) is 5.56 Å². The average molecular weight is 521 g/mol. The van der Waals surface area contributed by atoms with Gasteiger partial charge in [-0.25, -0.2) is 24.9 Å². The molecular formula is C25H28N8O3S. The van der Waals surface area contributed by atoms with Gasteiger partial charge in [-0.3, -0.25) is 18.6 Å². The fourth-order valence-electron chi connectivity index (χ4n) is 4.10. The van der Waals surface area contributed by atoms with E-state index in [1.165, 1.54) is 6.33 Å². The van der Waals surface area contributed by atoms with E-state index in [0.29, 0.717) is 44.9 Å². The maximum Gasteiger partial charge on any atom is 0.295 e. The number of hydrogen-bond acceptors (Lipinski definition) is 10. The molecule has 1 saturated carbocycles. The second kappa shape index (κ2) is 10.3. The van der Waals surface area contributed by atoms with Crippen LogP contribution in [-0.4, -0.2) is 52.0 Å². The molecule has 1 fully saturated rings. The molecule has 0 aromatic carbocycles. The van der Waals surface area contributed by atoms with E-state index in [1.807, 2.05) is 13.8 Å². The third-order valence-electron chi connectivity index (χ3n) is 6.45. The monoisotopic (exact) mass is 520 g/mol. The summed E-state index contributed by atoms with van der Waals surface area (Å²) in [5.41, 5.74) is 2.86. The van der Waals surface area contributed by atoms with Crippen LogP contribution in [0.1, 0.15) is 56.5 Å². The molecule has 0 saturated heterocycles. The zero-order valence-electron chi connectivity index (χ0n) is 21.1. The summed E-state index contributed by atoms with van der Waals surface area (Å²) in [6.07, 6.45) is 9.10. The highest BCUT2D eigenvalue weighted by atomic mass is 32.2. The van der Waals surface area contributed by atoms with Crippen molar-refractivity contribution >= 4 is 27.8 Å². The summed E-state index contributed by atoms with van der Waals surface area (Å²) >= 11 is 0. The van der Waals surface area contributed by atoms with E-state index in [1.54, 1.807) is 42.5 Å². The van der Waals surface area contributed by atoms with Crippen LogP contribution in [0.5, 0.6) is 5.88 Å². The Morgan fingerprint density at radius 2 is 1.97 bits per heavy atom. The first-order valence-corrected chi connectivity index (χ1v) is 13.7. The van der Waals surface area contributed by atoms with Crippen LogP contribution in [0.4, 0.5) is 5.82 Å². The third kappa shape index (κ3) is 4.93. The smallest absolute Gasteiger partial charge is 0.295 e. The zero-order chi connectivity index (χ0) is 26.1. The Kier molecular flexibility index (Phi) is 6.92. The largest absolute Gasteiger partial charge is 0.480 e. The first-order valence-electron chi connectivity index (χ1n) is 12.1. The van der Waals surface area contributed by atoms with Crippen molar-refractivity contribution in [2.75, 3.05) is 18.7 Å². The standard InChI is InChI=1S/C25H28N8O3S/c1-5-14(2)33-23-18(31-22(25(33)34)27-10-16-8-9-17(11-26-16)37(4)35)12-28-21(32-23)19-20(15-6-7-15)29-13-30-24(19)36-3/h8-9,11-15H,5-7,10H2,1-4H3,(H,27,31). The zero-order valence-corrected chi connectivity index (χ0v) is 21.9. The maximum absolute atomic E-state index is 13.6. The molecule has 0 bridgehead atoms. The lowest BCUT2D eigenvalue weighted by Gasteiger charge is -2.18. The Morgan fingerprint density at radius 1 is 1.16 bits per heavy atom. The van der Waals surface area contributed by atoms with E-state index in [-0.39, 0.29) is 24.0 Å². The normalized spacial score (nSPS) is 14.9. The van der Waals surface area contributed by atoms with Crippen molar-refractivity contribution in [3.63, 3.8) is 0 Å². The number of hydrogen-bond donors (Lipinski definition) is 1. The first-order chi connectivity index (χ1) is 17.9. The van der Waals surface area contributed by atoms with E-state index >= 15 is 0 Å². The van der Waals surface area contributed by atoms with Crippen molar-refractivity contribution in [3.05, 3.63) is 52.6 Å². The Bertz CT molecular complexity index is 1540. The van der Waals surface area contributed by atoms with Crippen molar-refractivity contribution in [2.45, 2.75) is 56.5 Å². The minimum Gasteiger partial charge on any atom is -0.480 e. The average Bonchev–Trinajstić information content (AvgIpc) is 3.76. The summed E-state index contributed by atoms with van der Waals surface area (Å²) in [5, 5.41) is 3.11. The Morgan fingerprint density at radius 3 is 2.62 bits per heavy atom. The summed E-state index contributed by atoms with van der Waals surface area (Å²) in [6.45, 7) is 4.27. The summed E-state index contributed by atoms with van der Waals surface area (Å²) in [5.74, 6) is 1.33. The predicted octanol–water partition coefficient (Wildman–Crippen LogP) is 3.25. The lowest BCUT2D eigenvalue weighted by Crippen LogP contribution is -2.28. The van der Waals surface area contributed by atoms with Crippen molar-refractivity contribution in [1.29, 1.82) is 0 Å². The third-order valence-corrected chi connectivity index (χ3v) is 7.36. The number of nitrogens with one attached hydrogen (secondary N) is 1. The van der Waals surface area contributed by atoms with Crippen LogP contribution in [-0.2, 0) is 17.3 Å². The van der Waals surface area contributed by atoms with Gasteiger partial charge < -0.3 is 10.1 Å². The van der Waals surface area contributed by atoms with Gasteiger partial charge in [0.1, 0.15) is 17.4 Å². The van der Waals surface area contributed by atoms with Gasteiger partial charge in [-0.15, -0.1) is 0 Å². The molecule has 5 rings (SSSR count). The number of rotatable bonds is 9. The van der Waals surface area contributed by atoms with Crippen LogP contribution in [0.25, 0.3) is 22.6 Å². The predicted molar refractivity (Wildman–Crippen MR) is 140 cm³/mol. The van der Waals surface area contributed by atoms with E-state index in [9.17, 15) is 9.00 Å². The maximum atomic E-state index is 13.6. The van der Waals surface area contributed by atoms with Gasteiger partial charge in [-0.1, -0.05) is 6.92 Å². The second-order valence-corrected chi connectivity index (χ2v) is 10.4. The molecule has 4 heterocycles. The second-order valence-electron chi connectivity index (χ2n) is 9.01. The number of ether oxygens (including phenoxy) is 1. The number of fused-ring (bicyclic) bond motifs is 1. The molecule has 0 spiro atoms. The molecule has 2 atom stereocenters. The summed E-state index contributed by atoms with van der Waals surface area (Å²) in [7, 11) is 0.454. The molecule has 11 nitrogen and oxygen atoms in total. The molecule has 0 aliphatic heterocycles. The highest BCUT2D eigenvalue weighted by molar-refractivity contribution is 7.84. The van der Waals surface area contributed by atoms with Crippen LogP contribution >= 0.6 is 0 Å². The van der Waals surface area contributed by atoms with Crippen LogP contribution < -0.4 is 15.6 Å². The van der Waals surface area contributed by atoms with Gasteiger partial charge in [-0.05, 0) is 38.3 Å². The SMILES string of the molecule is CCC(C)n1c(=O)c(NCc2ccc(S(C)=O)cn2)nc2cnc(-c3c(OC)ncnc3C3CC3)nc21. The van der Waals surface area contributed by atoms with Crippen LogP contribution in [0, 0.1) is 0 Å². The van der Waals surface area contributed by atoms with Gasteiger partial charge in [0.05, 0.1) is 46.9 Å². The number of pyridine rings is 1. The Balaban J connectivity index is 1.57. The lowest BCUT2D eigenvalue weighted by molar-refractivity contribution is 0.397. The van der Waals surface area contributed by atoms with E-state index < -0.39 is 10.8 Å². The van der Waals surface area contributed by atoms with E-state index in [0.717, 1.165) is 25.0 Å². The minimum atomic E-state index is -1.10. The minimum absolute atomic E-state index is 0.130. The van der Waals surface area contributed by atoms with Crippen molar-refractivity contribution in [2.24, 2.45) is 0 Å². The van der Waals surface area contributed by atoms with Crippen molar-refractivity contribution < 1.29 is 8.95 Å². The number of aromatic nitrogens is 7. The van der Waals surface area contributed by atoms with Gasteiger partial charge in [0, 0.05) is 24.4 Å². The van der Waals surface area contributed by atoms with E-state index in [2.05, 4.69) is 30.2 Å². The summed E-state index contributed by atoms with van der Waals surface area (Å²) in [4.78, 5) is 41.2. The molecule has 37 heavy (non-hydrogen) atoms. The molecule has 2 unspecified atom stereocenters. The number of anilines is 1. The summed E-state index contributed by atoms with van der Waals surface area (Å²) < 4.78 is 18.8. The Hall–Kier alpha value is -3.80. The van der Waals surface area contributed by atoms with E-state index in [4.69, 9.17) is 9.72 Å². The molecule has 0 amide bonds. The molecule has 4 aromatic rings. The number of nitrogens with zero attached hydrogens (tertiary/aromatic N) is 7.